The molecule has 0 radical (unpaired) electrons. The molecule has 3 unspecified atom stereocenters. The van der Waals surface area contributed by atoms with Crippen molar-refractivity contribution in [2.75, 3.05) is 33.3 Å². The zero-order chi connectivity index (χ0) is 13.0. The van der Waals surface area contributed by atoms with Crippen molar-refractivity contribution in [3.8, 4) is 0 Å². The fourth-order valence-electron chi connectivity index (χ4n) is 3.18. The van der Waals surface area contributed by atoms with E-state index in [0.717, 1.165) is 44.0 Å². The van der Waals surface area contributed by atoms with Crippen LogP contribution in [0.15, 0.2) is 4.99 Å². The maximum Gasteiger partial charge on any atom is 0.193 e. The van der Waals surface area contributed by atoms with Crippen LogP contribution in [0.2, 0.25) is 0 Å². The van der Waals surface area contributed by atoms with E-state index in [4.69, 9.17) is 4.74 Å². The van der Waals surface area contributed by atoms with Gasteiger partial charge in [0.05, 0.1) is 6.10 Å². The van der Waals surface area contributed by atoms with Gasteiger partial charge in [0.1, 0.15) is 0 Å². The molecule has 2 saturated heterocycles. The second kappa shape index (κ2) is 8.29. The van der Waals surface area contributed by atoms with Crippen LogP contribution in [-0.4, -0.2) is 50.3 Å². The lowest BCUT2D eigenvalue weighted by Gasteiger charge is -2.37. The van der Waals surface area contributed by atoms with Crippen molar-refractivity contribution in [1.82, 2.24) is 10.2 Å². The predicted octanol–water partition coefficient (Wildman–Crippen LogP) is 2.34. The quantitative estimate of drug-likeness (QED) is 0.453. The highest BCUT2D eigenvalue weighted by atomic mass is 127. The Morgan fingerprint density at radius 3 is 2.53 bits per heavy atom. The Morgan fingerprint density at radius 1 is 1.32 bits per heavy atom. The van der Waals surface area contributed by atoms with Crippen LogP contribution < -0.4 is 5.32 Å². The third-order valence-corrected chi connectivity index (χ3v) is 3.89. The number of likely N-dealkylation sites (tertiary alicyclic amines) is 1. The first-order chi connectivity index (χ1) is 8.69. The average molecular weight is 381 g/mol. The van der Waals surface area contributed by atoms with Crippen LogP contribution in [0.3, 0.4) is 0 Å². The largest absolute Gasteiger partial charge is 0.376 e. The Kier molecular flexibility index (Phi) is 7.42. The average Bonchev–Trinajstić information content (AvgIpc) is 2.81. The van der Waals surface area contributed by atoms with Crippen molar-refractivity contribution in [3.63, 3.8) is 0 Å². The Hall–Kier alpha value is -0.0400. The summed E-state index contributed by atoms with van der Waals surface area (Å²) in [6.45, 7) is 8.71. The van der Waals surface area contributed by atoms with Gasteiger partial charge >= 0.3 is 0 Å². The first-order valence-corrected chi connectivity index (χ1v) is 7.26. The maximum atomic E-state index is 5.64. The van der Waals surface area contributed by atoms with Gasteiger partial charge in [-0.3, -0.25) is 4.99 Å². The minimum atomic E-state index is 0. The van der Waals surface area contributed by atoms with Crippen molar-refractivity contribution in [1.29, 1.82) is 0 Å². The van der Waals surface area contributed by atoms with E-state index in [2.05, 4.69) is 29.1 Å². The summed E-state index contributed by atoms with van der Waals surface area (Å²) in [7, 11) is 1.88. The third-order valence-electron chi connectivity index (χ3n) is 3.89. The summed E-state index contributed by atoms with van der Waals surface area (Å²) < 4.78 is 5.64. The molecule has 19 heavy (non-hydrogen) atoms. The molecule has 112 valence electrons. The molecule has 4 nitrogen and oxygen atoms in total. The summed E-state index contributed by atoms with van der Waals surface area (Å²) in [6.07, 6.45) is 4.08. The van der Waals surface area contributed by atoms with Gasteiger partial charge in [0, 0.05) is 33.3 Å². The van der Waals surface area contributed by atoms with Crippen molar-refractivity contribution < 1.29 is 4.74 Å². The molecule has 0 aromatic carbocycles. The van der Waals surface area contributed by atoms with E-state index in [-0.39, 0.29) is 24.0 Å². The molecule has 1 N–H and O–H groups in total. The number of nitrogens with one attached hydrogen (secondary N) is 1. The summed E-state index contributed by atoms with van der Waals surface area (Å²) in [5.41, 5.74) is 0. The van der Waals surface area contributed by atoms with Gasteiger partial charge in [0.25, 0.3) is 0 Å². The summed E-state index contributed by atoms with van der Waals surface area (Å²) >= 11 is 0. The molecule has 0 aliphatic carbocycles. The molecule has 2 rings (SSSR count). The monoisotopic (exact) mass is 381 g/mol. The number of rotatable bonds is 2. The molecule has 2 aliphatic heterocycles. The first kappa shape index (κ1) is 17.0. The number of aliphatic imine (C=N–C) groups is 1. The lowest BCUT2D eigenvalue weighted by molar-refractivity contribution is 0.112. The van der Waals surface area contributed by atoms with Crippen molar-refractivity contribution in [2.45, 2.75) is 39.2 Å². The Bertz CT molecular complexity index is 282. The molecule has 3 atom stereocenters. The van der Waals surface area contributed by atoms with Gasteiger partial charge in [-0.15, -0.1) is 24.0 Å². The number of ether oxygens (including phenoxy) is 1. The van der Waals surface area contributed by atoms with E-state index in [9.17, 15) is 0 Å². The Labute approximate surface area is 134 Å². The summed E-state index contributed by atoms with van der Waals surface area (Å²) in [6, 6.07) is 0. The SMILES string of the molecule is CN=C(NCC1CCCO1)N1CC(C)CC(C)C1.I. The number of hydrogen-bond donors (Lipinski definition) is 1. The number of nitrogens with zero attached hydrogens (tertiary/aromatic N) is 2. The van der Waals surface area contributed by atoms with E-state index in [1.54, 1.807) is 0 Å². The molecule has 0 aromatic rings. The fourth-order valence-corrected chi connectivity index (χ4v) is 3.18. The highest BCUT2D eigenvalue weighted by Gasteiger charge is 2.24. The third kappa shape index (κ3) is 5.10. The second-order valence-corrected chi connectivity index (χ2v) is 5.91. The highest BCUT2D eigenvalue weighted by molar-refractivity contribution is 14.0. The van der Waals surface area contributed by atoms with Crippen molar-refractivity contribution >= 4 is 29.9 Å². The topological polar surface area (TPSA) is 36.9 Å². The van der Waals surface area contributed by atoms with Crippen LogP contribution in [0.4, 0.5) is 0 Å². The van der Waals surface area contributed by atoms with E-state index < -0.39 is 0 Å². The Morgan fingerprint density at radius 2 is 2.00 bits per heavy atom. The van der Waals surface area contributed by atoms with Crippen LogP contribution in [-0.2, 0) is 4.74 Å². The van der Waals surface area contributed by atoms with E-state index in [1.807, 2.05) is 7.05 Å². The van der Waals surface area contributed by atoms with Gasteiger partial charge in [-0.05, 0) is 31.1 Å². The molecule has 0 bridgehead atoms. The van der Waals surface area contributed by atoms with Crippen LogP contribution >= 0.6 is 24.0 Å². The van der Waals surface area contributed by atoms with Gasteiger partial charge in [0.15, 0.2) is 5.96 Å². The molecular formula is C14H28IN3O. The van der Waals surface area contributed by atoms with E-state index in [0.29, 0.717) is 6.10 Å². The van der Waals surface area contributed by atoms with Gasteiger partial charge in [-0.1, -0.05) is 13.8 Å². The minimum Gasteiger partial charge on any atom is -0.376 e. The predicted molar refractivity (Wildman–Crippen MR) is 90.3 cm³/mol. The van der Waals surface area contributed by atoms with Gasteiger partial charge in [-0.25, -0.2) is 0 Å². The molecule has 0 aromatic heterocycles. The molecule has 0 amide bonds. The molecule has 0 saturated carbocycles. The second-order valence-electron chi connectivity index (χ2n) is 5.91. The van der Waals surface area contributed by atoms with Gasteiger partial charge in [-0.2, -0.15) is 0 Å². The zero-order valence-corrected chi connectivity index (χ0v) is 14.7. The van der Waals surface area contributed by atoms with Crippen LogP contribution in [0.25, 0.3) is 0 Å². The molecule has 2 heterocycles. The number of guanidine groups is 1. The normalized spacial score (nSPS) is 32.1. The van der Waals surface area contributed by atoms with Crippen molar-refractivity contribution in [2.24, 2.45) is 16.8 Å². The smallest absolute Gasteiger partial charge is 0.193 e. The maximum absolute atomic E-state index is 5.64. The zero-order valence-electron chi connectivity index (χ0n) is 12.4. The summed E-state index contributed by atoms with van der Waals surface area (Å²) in [5, 5.41) is 3.47. The standard InChI is InChI=1S/C14H27N3O.HI/c1-11-7-12(2)10-17(9-11)14(15-3)16-8-13-5-4-6-18-13;/h11-13H,4-10H2,1-3H3,(H,15,16);1H. The van der Waals surface area contributed by atoms with E-state index in [1.165, 1.54) is 19.3 Å². The first-order valence-electron chi connectivity index (χ1n) is 7.26. The number of piperidine rings is 1. The Balaban J connectivity index is 0.00000180. The van der Waals surface area contributed by atoms with Gasteiger partial charge in [0.2, 0.25) is 0 Å². The molecule has 0 spiro atoms. The van der Waals surface area contributed by atoms with Gasteiger partial charge < -0.3 is 15.0 Å². The minimum absolute atomic E-state index is 0. The van der Waals surface area contributed by atoms with E-state index >= 15 is 0 Å². The highest BCUT2D eigenvalue weighted by Crippen LogP contribution is 2.21. The lowest BCUT2D eigenvalue weighted by atomic mass is 9.92. The van der Waals surface area contributed by atoms with Crippen LogP contribution in [0.5, 0.6) is 0 Å². The van der Waals surface area contributed by atoms with Crippen LogP contribution in [0, 0.1) is 11.8 Å². The number of halogens is 1. The fraction of sp³-hybridized carbons (Fsp3) is 0.929. The lowest BCUT2D eigenvalue weighted by Crippen LogP contribution is -2.49. The molecular weight excluding hydrogens is 353 g/mol. The molecule has 5 heteroatoms. The van der Waals surface area contributed by atoms with Crippen molar-refractivity contribution in [3.05, 3.63) is 0 Å². The molecule has 2 fully saturated rings. The summed E-state index contributed by atoms with van der Waals surface area (Å²) in [4.78, 5) is 6.81. The number of hydrogen-bond acceptors (Lipinski definition) is 2. The molecule has 2 aliphatic rings. The summed E-state index contributed by atoms with van der Waals surface area (Å²) in [5.74, 6) is 2.56. The van der Waals surface area contributed by atoms with Crippen LogP contribution in [0.1, 0.15) is 33.1 Å².